The van der Waals surface area contributed by atoms with Gasteiger partial charge in [0.05, 0.1) is 4.90 Å². The molecule has 0 fully saturated rings. The zero-order chi connectivity index (χ0) is 14.9. The van der Waals surface area contributed by atoms with Gasteiger partial charge in [-0.2, -0.15) is 13.4 Å². The fourth-order valence-electron chi connectivity index (χ4n) is 1.66. The standard InChI is InChI=1S/C11H11ClN4O3S/c1-6-4-9(20(17,18)19)7(2)3-8(6)15-11-14-5-13-10(12)16-11/h3-5H,1-2H3,(H,17,18,19)(H,13,14,15,16). The quantitative estimate of drug-likeness (QED) is 0.836. The third kappa shape index (κ3) is 3.21. The second-order valence-corrected chi connectivity index (χ2v) is 5.84. The molecule has 2 N–H and O–H groups in total. The largest absolute Gasteiger partial charge is 0.324 e. The minimum atomic E-state index is -4.24. The maximum atomic E-state index is 11.2. The average Bonchev–Trinajstić information content (AvgIpc) is 2.32. The molecule has 0 amide bonds. The van der Waals surface area contributed by atoms with Crippen LogP contribution in [0.25, 0.3) is 0 Å². The van der Waals surface area contributed by atoms with Gasteiger partial charge in [-0.1, -0.05) is 0 Å². The molecule has 0 aliphatic carbocycles. The van der Waals surface area contributed by atoms with E-state index in [1.54, 1.807) is 19.9 Å². The van der Waals surface area contributed by atoms with Crippen molar-refractivity contribution in [3.8, 4) is 0 Å². The number of rotatable bonds is 3. The third-order valence-electron chi connectivity index (χ3n) is 2.59. The molecule has 0 spiro atoms. The lowest BCUT2D eigenvalue weighted by atomic mass is 10.1. The van der Waals surface area contributed by atoms with Crippen molar-refractivity contribution in [2.24, 2.45) is 0 Å². The molecule has 2 aromatic rings. The Morgan fingerprint density at radius 2 is 1.90 bits per heavy atom. The number of nitrogens with one attached hydrogen (secondary N) is 1. The zero-order valence-corrected chi connectivity index (χ0v) is 12.2. The van der Waals surface area contributed by atoms with Crippen molar-refractivity contribution >= 4 is 33.4 Å². The lowest BCUT2D eigenvalue weighted by Crippen LogP contribution is -2.05. The van der Waals surface area contributed by atoms with E-state index in [4.69, 9.17) is 16.2 Å². The van der Waals surface area contributed by atoms with Crippen LogP contribution in [0.1, 0.15) is 11.1 Å². The molecule has 2 rings (SSSR count). The summed E-state index contributed by atoms with van der Waals surface area (Å²) in [6, 6.07) is 2.95. The van der Waals surface area contributed by atoms with Gasteiger partial charge in [-0.25, -0.2) is 9.97 Å². The van der Waals surface area contributed by atoms with Gasteiger partial charge in [0.1, 0.15) is 6.33 Å². The summed E-state index contributed by atoms with van der Waals surface area (Å²) >= 11 is 5.65. The molecule has 0 bridgehead atoms. The predicted octanol–water partition coefficient (Wildman–Crippen LogP) is 2.13. The maximum absolute atomic E-state index is 11.2. The number of halogens is 1. The molecule has 106 valence electrons. The van der Waals surface area contributed by atoms with Gasteiger partial charge in [0.2, 0.25) is 11.2 Å². The van der Waals surface area contributed by atoms with Crippen molar-refractivity contribution in [1.82, 2.24) is 15.0 Å². The third-order valence-corrected chi connectivity index (χ3v) is 3.77. The Kier molecular flexibility index (Phi) is 3.89. The van der Waals surface area contributed by atoms with E-state index in [-0.39, 0.29) is 16.1 Å². The smallest absolute Gasteiger partial charge is 0.294 e. The minimum absolute atomic E-state index is 0.0476. The number of hydrogen-bond donors (Lipinski definition) is 2. The Morgan fingerprint density at radius 3 is 2.50 bits per heavy atom. The molecule has 0 aliphatic heterocycles. The lowest BCUT2D eigenvalue weighted by Gasteiger charge is -2.11. The van der Waals surface area contributed by atoms with Gasteiger partial charge >= 0.3 is 0 Å². The van der Waals surface area contributed by atoms with Crippen LogP contribution in [0.4, 0.5) is 11.6 Å². The Bertz CT molecular complexity index is 764. The van der Waals surface area contributed by atoms with E-state index < -0.39 is 10.1 Å². The first kappa shape index (κ1) is 14.6. The molecule has 1 aromatic heterocycles. The highest BCUT2D eigenvalue weighted by molar-refractivity contribution is 7.85. The molecule has 0 saturated heterocycles. The van der Waals surface area contributed by atoms with Gasteiger partial charge in [-0.05, 0) is 48.7 Å². The molecule has 1 heterocycles. The first-order chi connectivity index (χ1) is 9.27. The molecule has 20 heavy (non-hydrogen) atoms. The number of aromatic nitrogens is 3. The van der Waals surface area contributed by atoms with Gasteiger partial charge < -0.3 is 5.32 Å². The summed E-state index contributed by atoms with van der Waals surface area (Å²) in [6.45, 7) is 3.27. The highest BCUT2D eigenvalue weighted by Gasteiger charge is 2.15. The van der Waals surface area contributed by atoms with E-state index in [0.717, 1.165) is 0 Å². The van der Waals surface area contributed by atoms with Crippen molar-refractivity contribution in [2.45, 2.75) is 18.7 Å². The predicted molar refractivity (Wildman–Crippen MR) is 73.9 cm³/mol. The summed E-state index contributed by atoms with van der Waals surface area (Å²) in [5, 5.41) is 2.96. The SMILES string of the molecule is Cc1cc(S(=O)(=O)O)c(C)cc1Nc1ncnc(Cl)n1. The van der Waals surface area contributed by atoms with Crippen molar-refractivity contribution in [3.05, 3.63) is 34.9 Å². The first-order valence-electron chi connectivity index (χ1n) is 5.47. The van der Waals surface area contributed by atoms with Crippen molar-refractivity contribution in [1.29, 1.82) is 0 Å². The summed E-state index contributed by atoms with van der Waals surface area (Å²) in [4.78, 5) is 11.3. The second-order valence-electron chi connectivity index (χ2n) is 4.11. The highest BCUT2D eigenvalue weighted by atomic mass is 35.5. The lowest BCUT2D eigenvalue weighted by molar-refractivity contribution is 0.482. The summed E-state index contributed by atoms with van der Waals surface area (Å²) in [5.41, 5.74) is 1.62. The second kappa shape index (κ2) is 5.31. The van der Waals surface area contributed by atoms with E-state index in [2.05, 4.69) is 20.3 Å². The molecule has 0 unspecified atom stereocenters. The minimum Gasteiger partial charge on any atom is -0.324 e. The van der Waals surface area contributed by atoms with Crippen LogP contribution in [0.3, 0.4) is 0 Å². The molecule has 0 radical (unpaired) electrons. The van der Waals surface area contributed by atoms with Crippen LogP contribution < -0.4 is 5.32 Å². The summed E-state index contributed by atoms with van der Waals surface area (Å²) in [6.07, 6.45) is 1.26. The van der Waals surface area contributed by atoms with E-state index in [9.17, 15) is 8.42 Å². The maximum Gasteiger partial charge on any atom is 0.294 e. The Hall–Kier alpha value is -1.77. The number of nitrogens with zero attached hydrogens (tertiary/aromatic N) is 3. The van der Waals surface area contributed by atoms with Crippen LogP contribution in [0, 0.1) is 13.8 Å². The molecule has 9 heteroatoms. The van der Waals surface area contributed by atoms with Crippen LogP contribution in [0.2, 0.25) is 5.28 Å². The van der Waals surface area contributed by atoms with Crippen LogP contribution in [0.5, 0.6) is 0 Å². The fraction of sp³-hybridized carbons (Fsp3) is 0.182. The van der Waals surface area contributed by atoms with Gasteiger partial charge in [-0.15, -0.1) is 0 Å². The number of benzene rings is 1. The monoisotopic (exact) mass is 314 g/mol. The van der Waals surface area contributed by atoms with Crippen LogP contribution in [-0.2, 0) is 10.1 Å². The van der Waals surface area contributed by atoms with Crippen molar-refractivity contribution in [2.75, 3.05) is 5.32 Å². The van der Waals surface area contributed by atoms with Crippen LogP contribution in [-0.4, -0.2) is 27.9 Å². The summed E-state index contributed by atoms with van der Waals surface area (Å²) in [5.74, 6) is 0.243. The molecule has 1 aromatic carbocycles. The molecule has 0 saturated carbocycles. The van der Waals surface area contributed by atoms with E-state index in [1.807, 2.05) is 0 Å². The average molecular weight is 315 g/mol. The van der Waals surface area contributed by atoms with E-state index >= 15 is 0 Å². The van der Waals surface area contributed by atoms with E-state index in [1.165, 1.54) is 12.4 Å². The first-order valence-corrected chi connectivity index (χ1v) is 7.29. The number of aryl methyl sites for hydroxylation is 2. The summed E-state index contributed by atoms with van der Waals surface area (Å²) in [7, 11) is -4.24. The fourth-order valence-corrected chi connectivity index (χ4v) is 2.57. The van der Waals surface area contributed by atoms with E-state index in [0.29, 0.717) is 16.8 Å². The van der Waals surface area contributed by atoms with Gasteiger partial charge in [0.25, 0.3) is 10.1 Å². The van der Waals surface area contributed by atoms with Crippen LogP contribution >= 0.6 is 11.6 Å². The normalized spacial score (nSPS) is 11.4. The van der Waals surface area contributed by atoms with Crippen molar-refractivity contribution in [3.63, 3.8) is 0 Å². The Labute approximate surface area is 120 Å². The Balaban J connectivity index is 2.42. The van der Waals surface area contributed by atoms with Gasteiger partial charge in [0, 0.05) is 5.69 Å². The molecular formula is C11H11ClN4O3S. The molecule has 7 nitrogen and oxygen atoms in total. The number of anilines is 2. The highest BCUT2D eigenvalue weighted by Crippen LogP contribution is 2.25. The molecule has 0 atom stereocenters. The summed E-state index contributed by atoms with van der Waals surface area (Å²) < 4.78 is 31.5. The van der Waals surface area contributed by atoms with Gasteiger partial charge in [-0.3, -0.25) is 4.55 Å². The van der Waals surface area contributed by atoms with Gasteiger partial charge in [0.15, 0.2) is 0 Å². The number of hydrogen-bond acceptors (Lipinski definition) is 6. The molecular weight excluding hydrogens is 304 g/mol. The van der Waals surface area contributed by atoms with Crippen LogP contribution in [0.15, 0.2) is 23.4 Å². The van der Waals surface area contributed by atoms with Crippen molar-refractivity contribution < 1.29 is 13.0 Å². The topological polar surface area (TPSA) is 105 Å². The zero-order valence-electron chi connectivity index (χ0n) is 10.6. The molecule has 0 aliphatic rings. The Morgan fingerprint density at radius 1 is 1.20 bits per heavy atom.